The third-order valence-electron chi connectivity index (χ3n) is 7.93. The van der Waals surface area contributed by atoms with Crippen molar-refractivity contribution in [1.29, 1.82) is 0 Å². The normalized spacial score (nSPS) is 22.6. The number of aliphatic hydroxyl groups is 1. The Balaban J connectivity index is 1.54. The van der Waals surface area contributed by atoms with Crippen LogP contribution in [0.2, 0.25) is 0 Å². The third-order valence-corrected chi connectivity index (χ3v) is 7.93. The number of aromatic nitrogens is 4. The molecule has 1 fully saturated rings. The Kier molecular flexibility index (Phi) is 5.80. The first-order valence-electron chi connectivity index (χ1n) is 13.0. The molecule has 1 saturated heterocycles. The van der Waals surface area contributed by atoms with Crippen LogP contribution < -0.4 is 4.90 Å². The molecule has 194 valence electrons. The fraction of sp³-hybridized carbons (Fsp3) is 0.500. The highest BCUT2D eigenvalue weighted by Crippen LogP contribution is 2.52. The second-order valence-corrected chi connectivity index (χ2v) is 11.0. The van der Waals surface area contributed by atoms with E-state index in [-0.39, 0.29) is 18.1 Å². The van der Waals surface area contributed by atoms with Crippen LogP contribution in [-0.4, -0.2) is 50.7 Å². The Morgan fingerprint density at radius 2 is 1.92 bits per heavy atom. The zero-order valence-electron chi connectivity index (χ0n) is 22.0. The fourth-order valence-electron chi connectivity index (χ4n) is 6.12. The quantitative estimate of drug-likeness (QED) is 0.558. The van der Waals surface area contributed by atoms with Gasteiger partial charge in [0, 0.05) is 49.4 Å². The van der Waals surface area contributed by atoms with Gasteiger partial charge in [-0.3, -0.25) is 4.99 Å². The molecule has 0 radical (unpaired) electrons. The maximum Gasteiger partial charge on any atom is 0.134 e. The summed E-state index contributed by atoms with van der Waals surface area (Å²) in [7, 11) is 1.91. The zero-order valence-corrected chi connectivity index (χ0v) is 22.0. The number of aryl methyl sites for hydroxylation is 3. The van der Waals surface area contributed by atoms with E-state index in [1.54, 1.807) is 0 Å². The number of hydrogen-bond acceptors (Lipinski definition) is 8. The predicted molar refractivity (Wildman–Crippen MR) is 140 cm³/mol. The molecule has 2 aromatic heterocycles. The first-order valence-corrected chi connectivity index (χ1v) is 13.0. The van der Waals surface area contributed by atoms with Gasteiger partial charge in [0.25, 0.3) is 0 Å². The van der Waals surface area contributed by atoms with Crippen molar-refractivity contribution in [1.82, 2.24) is 20.2 Å². The number of aliphatic imine (C=N–C) groups is 1. The fourth-order valence-corrected chi connectivity index (χ4v) is 6.12. The van der Waals surface area contributed by atoms with Gasteiger partial charge in [-0.15, -0.1) is 5.10 Å². The largest absolute Gasteiger partial charge is 0.386 e. The van der Waals surface area contributed by atoms with E-state index < -0.39 is 5.60 Å². The smallest absolute Gasteiger partial charge is 0.134 e. The van der Waals surface area contributed by atoms with E-state index in [9.17, 15) is 5.11 Å². The highest BCUT2D eigenvalue weighted by Gasteiger charge is 2.46. The van der Waals surface area contributed by atoms with Crippen LogP contribution >= 0.6 is 0 Å². The third kappa shape index (κ3) is 4.10. The number of allylic oxidation sites excluding steroid dienone is 1. The van der Waals surface area contributed by atoms with Gasteiger partial charge in [0.05, 0.1) is 29.1 Å². The number of ether oxygens (including phenoxy) is 1. The van der Waals surface area contributed by atoms with Crippen LogP contribution in [0.1, 0.15) is 72.7 Å². The van der Waals surface area contributed by atoms with Crippen LogP contribution in [0, 0.1) is 19.8 Å². The second-order valence-electron chi connectivity index (χ2n) is 11.0. The number of anilines is 1. The first kappa shape index (κ1) is 24.1. The number of nitrogens with zero attached hydrogens (tertiary/aromatic N) is 6. The summed E-state index contributed by atoms with van der Waals surface area (Å²) >= 11 is 0. The van der Waals surface area contributed by atoms with E-state index in [1.165, 1.54) is 0 Å². The van der Waals surface area contributed by atoms with Crippen molar-refractivity contribution >= 4 is 17.5 Å². The van der Waals surface area contributed by atoms with Gasteiger partial charge < -0.3 is 19.3 Å². The van der Waals surface area contributed by atoms with Crippen LogP contribution in [0.5, 0.6) is 0 Å². The summed E-state index contributed by atoms with van der Waals surface area (Å²) in [5, 5.41) is 23.9. The summed E-state index contributed by atoms with van der Waals surface area (Å²) in [5.41, 5.74) is 5.92. The van der Waals surface area contributed by atoms with E-state index in [0.29, 0.717) is 5.92 Å². The molecule has 3 aliphatic rings. The van der Waals surface area contributed by atoms with Gasteiger partial charge in [0.15, 0.2) is 0 Å². The number of hydrogen-bond donors (Lipinski definition) is 1. The van der Waals surface area contributed by atoms with E-state index >= 15 is 0 Å². The Hall–Kier alpha value is -3.30. The molecule has 9 heteroatoms. The molecule has 9 nitrogen and oxygen atoms in total. The Morgan fingerprint density at radius 3 is 2.57 bits per heavy atom. The Labute approximate surface area is 216 Å². The molecule has 37 heavy (non-hydrogen) atoms. The highest BCUT2D eigenvalue weighted by atomic mass is 16.5. The van der Waals surface area contributed by atoms with E-state index in [4.69, 9.17) is 14.3 Å². The van der Waals surface area contributed by atoms with Gasteiger partial charge >= 0.3 is 0 Å². The minimum atomic E-state index is -0.963. The zero-order chi connectivity index (χ0) is 25.9. The monoisotopic (exact) mass is 502 g/mol. The number of dihydropyridines is 1. The van der Waals surface area contributed by atoms with E-state index in [1.807, 2.05) is 51.7 Å². The van der Waals surface area contributed by atoms with Crippen molar-refractivity contribution in [2.75, 3.05) is 18.1 Å². The maximum absolute atomic E-state index is 10.9. The molecule has 0 saturated carbocycles. The summed E-state index contributed by atoms with van der Waals surface area (Å²) in [6.45, 7) is 9.03. The lowest BCUT2D eigenvalue weighted by Crippen LogP contribution is -2.42. The summed E-state index contributed by atoms with van der Waals surface area (Å²) in [5.74, 6) is 1.13. The molecular formula is C28H34N6O3. The standard InChI is InChI=1S/C28H34N6O3/c1-16-12-22(31-37-16)27(18-8-10-36-11-9-18)34-23-14-20(28(3,4)35)6-7-21(23)25-24(34)13-19(15-29-25)26-17(2)30-32-33(26)5/h6-7,12-15,18,24-25,27,35H,8-11H2,1-5H3. The lowest BCUT2D eigenvalue weighted by molar-refractivity contribution is 0.0559. The van der Waals surface area contributed by atoms with Gasteiger partial charge in [-0.1, -0.05) is 22.5 Å². The molecule has 6 rings (SSSR count). The molecule has 0 amide bonds. The van der Waals surface area contributed by atoms with Crippen molar-refractivity contribution in [2.24, 2.45) is 18.0 Å². The summed E-state index contributed by atoms with van der Waals surface area (Å²) in [4.78, 5) is 7.56. The predicted octanol–water partition coefficient (Wildman–Crippen LogP) is 4.21. The van der Waals surface area contributed by atoms with Gasteiger partial charge in [-0.2, -0.15) is 0 Å². The Morgan fingerprint density at radius 1 is 1.14 bits per heavy atom. The lowest BCUT2D eigenvalue weighted by Gasteiger charge is -2.41. The molecule has 3 atom stereocenters. The van der Waals surface area contributed by atoms with Crippen LogP contribution in [-0.2, 0) is 17.4 Å². The molecule has 0 bridgehead atoms. The van der Waals surface area contributed by atoms with Crippen molar-refractivity contribution in [3.63, 3.8) is 0 Å². The molecule has 0 aliphatic carbocycles. The molecule has 1 N–H and O–H groups in total. The molecule has 1 aromatic carbocycles. The van der Waals surface area contributed by atoms with Crippen molar-refractivity contribution in [3.8, 4) is 0 Å². The summed E-state index contributed by atoms with van der Waals surface area (Å²) in [6, 6.07) is 8.21. The molecule has 3 aliphatic heterocycles. The van der Waals surface area contributed by atoms with Gasteiger partial charge in [0.1, 0.15) is 17.5 Å². The Bertz CT molecular complexity index is 1360. The molecule has 0 spiro atoms. The van der Waals surface area contributed by atoms with Crippen molar-refractivity contribution < 1.29 is 14.4 Å². The highest BCUT2D eigenvalue weighted by molar-refractivity contribution is 6.11. The minimum Gasteiger partial charge on any atom is -0.386 e. The lowest BCUT2D eigenvalue weighted by atomic mass is 9.87. The van der Waals surface area contributed by atoms with Crippen molar-refractivity contribution in [3.05, 3.63) is 64.3 Å². The number of rotatable bonds is 5. The molecule has 3 unspecified atom stereocenters. The van der Waals surface area contributed by atoms with Gasteiger partial charge in [-0.05, 0) is 64.2 Å². The van der Waals surface area contributed by atoms with Gasteiger partial charge in [-0.25, -0.2) is 4.68 Å². The second kappa shape index (κ2) is 8.92. The van der Waals surface area contributed by atoms with E-state index in [0.717, 1.165) is 71.3 Å². The maximum atomic E-state index is 10.9. The summed E-state index contributed by atoms with van der Waals surface area (Å²) in [6.07, 6.45) is 6.13. The number of benzene rings is 1. The number of fused-ring (bicyclic) bond motifs is 3. The SMILES string of the molecule is Cc1cc(C(C2CCOCC2)N2c3cc(C(C)(C)O)ccc3C3N=CC(c4c(C)nnn4C)=CC32)no1. The average molecular weight is 503 g/mol. The first-order chi connectivity index (χ1) is 17.7. The summed E-state index contributed by atoms with van der Waals surface area (Å²) < 4.78 is 13.1. The van der Waals surface area contributed by atoms with Crippen molar-refractivity contribution in [2.45, 2.75) is 64.3 Å². The molecule has 5 heterocycles. The van der Waals surface area contributed by atoms with Crippen LogP contribution in [0.3, 0.4) is 0 Å². The molecule has 3 aromatic rings. The van der Waals surface area contributed by atoms with Gasteiger partial charge in [0.2, 0.25) is 0 Å². The average Bonchev–Trinajstić information content (AvgIpc) is 3.54. The topological polar surface area (TPSA) is 102 Å². The van der Waals surface area contributed by atoms with Crippen LogP contribution in [0.25, 0.3) is 5.57 Å². The molecular weight excluding hydrogens is 468 g/mol. The van der Waals surface area contributed by atoms with E-state index in [2.05, 4.69) is 44.6 Å². The van der Waals surface area contributed by atoms with Crippen LogP contribution in [0.15, 0.2) is 39.9 Å². The minimum absolute atomic E-state index is 0.0243. The van der Waals surface area contributed by atoms with Crippen LogP contribution in [0.4, 0.5) is 5.69 Å².